The highest BCUT2D eigenvalue weighted by Crippen LogP contribution is 2.21. The first kappa shape index (κ1) is 14.3. The third-order valence-electron chi connectivity index (χ3n) is 3.25. The standard InChI is InChI=1S/C16H18N4O2/c1-2-22-13-7-5-11(6-8-13)19-15-9-14(17-10-18-15)16(21)20-12-3-4-12/h5-10,12H,2-4H2,1H3,(H,20,21)(H,17,18,19). The SMILES string of the molecule is CCOc1ccc(Nc2cc(C(=O)NC3CC3)ncn2)cc1. The van der Waals surface area contributed by atoms with E-state index >= 15 is 0 Å². The van der Waals surface area contributed by atoms with E-state index in [2.05, 4.69) is 20.6 Å². The molecule has 114 valence electrons. The first-order chi connectivity index (χ1) is 10.7. The number of nitrogens with zero attached hydrogens (tertiary/aromatic N) is 2. The van der Waals surface area contributed by atoms with Crippen molar-refractivity contribution in [3.05, 3.63) is 42.4 Å². The molecule has 1 aliphatic carbocycles. The minimum atomic E-state index is -0.153. The molecule has 1 aromatic carbocycles. The second-order valence-corrected chi connectivity index (χ2v) is 5.12. The largest absolute Gasteiger partial charge is 0.494 e. The topological polar surface area (TPSA) is 76.1 Å². The number of carbonyl (C=O) groups is 1. The summed E-state index contributed by atoms with van der Waals surface area (Å²) in [5, 5.41) is 6.06. The van der Waals surface area contributed by atoms with Crippen LogP contribution in [0.4, 0.5) is 11.5 Å². The fourth-order valence-electron chi connectivity index (χ4n) is 1.99. The van der Waals surface area contributed by atoms with E-state index in [1.54, 1.807) is 6.07 Å². The zero-order valence-corrected chi connectivity index (χ0v) is 12.4. The number of carbonyl (C=O) groups excluding carboxylic acids is 1. The van der Waals surface area contributed by atoms with Crippen LogP contribution in [0.1, 0.15) is 30.3 Å². The van der Waals surface area contributed by atoms with Crippen molar-refractivity contribution < 1.29 is 9.53 Å². The Labute approximate surface area is 128 Å². The van der Waals surface area contributed by atoms with Crippen molar-refractivity contribution in [2.24, 2.45) is 0 Å². The lowest BCUT2D eigenvalue weighted by Crippen LogP contribution is -2.26. The molecule has 6 heteroatoms. The fraction of sp³-hybridized carbons (Fsp3) is 0.312. The third kappa shape index (κ3) is 3.72. The number of nitrogens with one attached hydrogen (secondary N) is 2. The van der Waals surface area contributed by atoms with E-state index in [0.717, 1.165) is 24.3 Å². The van der Waals surface area contributed by atoms with Gasteiger partial charge in [0.15, 0.2) is 0 Å². The predicted octanol–water partition coefficient (Wildman–Crippen LogP) is 2.51. The second kappa shape index (κ2) is 6.43. The first-order valence-electron chi connectivity index (χ1n) is 7.37. The molecule has 0 bridgehead atoms. The number of benzene rings is 1. The summed E-state index contributed by atoms with van der Waals surface area (Å²) in [5.74, 6) is 1.25. The van der Waals surface area contributed by atoms with E-state index in [1.165, 1.54) is 6.33 Å². The Balaban J connectivity index is 1.67. The Kier molecular flexibility index (Phi) is 4.18. The molecule has 0 spiro atoms. The van der Waals surface area contributed by atoms with Gasteiger partial charge in [0.05, 0.1) is 6.61 Å². The van der Waals surface area contributed by atoms with E-state index in [-0.39, 0.29) is 5.91 Å². The summed E-state index contributed by atoms with van der Waals surface area (Å²) in [6.45, 7) is 2.58. The summed E-state index contributed by atoms with van der Waals surface area (Å²) in [7, 11) is 0. The molecule has 1 amide bonds. The van der Waals surface area contributed by atoms with Gasteiger partial charge in [0.1, 0.15) is 23.6 Å². The van der Waals surface area contributed by atoms with Crippen LogP contribution < -0.4 is 15.4 Å². The smallest absolute Gasteiger partial charge is 0.270 e. The van der Waals surface area contributed by atoms with Crippen molar-refractivity contribution in [2.45, 2.75) is 25.8 Å². The lowest BCUT2D eigenvalue weighted by Gasteiger charge is -2.08. The van der Waals surface area contributed by atoms with Gasteiger partial charge in [-0.3, -0.25) is 4.79 Å². The Morgan fingerprint density at radius 3 is 2.73 bits per heavy atom. The molecule has 1 aliphatic rings. The van der Waals surface area contributed by atoms with Gasteiger partial charge >= 0.3 is 0 Å². The highest BCUT2D eigenvalue weighted by molar-refractivity contribution is 5.93. The molecular formula is C16H18N4O2. The highest BCUT2D eigenvalue weighted by atomic mass is 16.5. The second-order valence-electron chi connectivity index (χ2n) is 5.12. The van der Waals surface area contributed by atoms with E-state index in [0.29, 0.717) is 24.2 Å². The van der Waals surface area contributed by atoms with Crippen molar-refractivity contribution in [1.82, 2.24) is 15.3 Å². The van der Waals surface area contributed by atoms with Gasteiger partial charge < -0.3 is 15.4 Å². The van der Waals surface area contributed by atoms with E-state index in [4.69, 9.17) is 4.74 Å². The summed E-state index contributed by atoms with van der Waals surface area (Å²) in [6, 6.07) is 9.52. The molecular weight excluding hydrogens is 280 g/mol. The molecule has 0 saturated heterocycles. The molecule has 6 nitrogen and oxygen atoms in total. The number of ether oxygens (including phenoxy) is 1. The zero-order chi connectivity index (χ0) is 15.4. The predicted molar refractivity (Wildman–Crippen MR) is 83.4 cm³/mol. The molecule has 1 heterocycles. The number of anilines is 2. The van der Waals surface area contributed by atoms with Gasteiger partial charge in [0.25, 0.3) is 5.91 Å². The lowest BCUT2D eigenvalue weighted by atomic mass is 10.3. The zero-order valence-electron chi connectivity index (χ0n) is 12.4. The molecule has 0 radical (unpaired) electrons. The summed E-state index contributed by atoms with van der Waals surface area (Å²) >= 11 is 0. The number of hydrogen-bond donors (Lipinski definition) is 2. The van der Waals surface area contributed by atoms with Crippen LogP contribution in [0.3, 0.4) is 0 Å². The quantitative estimate of drug-likeness (QED) is 0.857. The van der Waals surface area contributed by atoms with Crippen molar-refractivity contribution in [3.63, 3.8) is 0 Å². The number of rotatable bonds is 6. The number of aromatic nitrogens is 2. The molecule has 2 aromatic rings. The lowest BCUT2D eigenvalue weighted by molar-refractivity contribution is 0.0946. The van der Waals surface area contributed by atoms with Crippen LogP contribution in [-0.4, -0.2) is 28.5 Å². The van der Waals surface area contributed by atoms with Crippen molar-refractivity contribution in [2.75, 3.05) is 11.9 Å². The van der Waals surface area contributed by atoms with Gasteiger partial charge in [-0.25, -0.2) is 9.97 Å². The minimum absolute atomic E-state index is 0.153. The van der Waals surface area contributed by atoms with Gasteiger partial charge in [-0.05, 0) is 44.0 Å². The van der Waals surface area contributed by atoms with E-state index in [9.17, 15) is 4.79 Å². The van der Waals surface area contributed by atoms with Crippen molar-refractivity contribution >= 4 is 17.4 Å². The monoisotopic (exact) mass is 298 g/mol. The molecule has 2 N–H and O–H groups in total. The van der Waals surface area contributed by atoms with Crippen molar-refractivity contribution in [1.29, 1.82) is 0 Å². The van der Waals surface area contributed by atoms with Crippen LogP contribution in [0.15, 0.2) is 36.7 Å². The summed E-state index contributed by atoms with van der Waals surface area (Å²) in [4.78, 5) is 20.1. The first-order valence-corrected chi connectivity index (χ1v) is 7.37. The van der Waals surface area contributed by atoms with Gasteiger partial charge in [-0.15, -0.1) is 0 Å². The van der Waals surface area contributed by atoms with Crippen LogP contribution in [0.25, 0.3) is 0 Å². The Morgan fingerprint density at radius 2 is 2.05 bits per heavy atom. The highest BCUT2D eigenvalue weighted by Gasteiger charge is 2.24. The average molecular weight is 298 g/mol. The van der Waals surface area contributed by atoms with Crippen LogP contribution >= 0.6 is 0 Å². The normalized spacial score (nSPS) is 13.5. The molecule has 0 unspecified atom stereocenters. The average Bonchev–Trinajstić information content (AvgIpc) is 3.34. The molecule has 22 heavy (non-hydrogen) atoms. The molecule has 1 fully saturated rings. The summed E-state index contributed by atoms with van der Waals surface area (Å²) < 4.78 is 5.40. The van der Waals surface area contributed by atoms with Gasteiger partial charge in [-0.1, -0.05) is 0 Å². The van der Waals surface area contributed by atoms with Crippen molar-refractivity contribution in [3.8, 4) is 5.75 Å². The molecule has 1 saturated carbocycles. The van der Waals surface area contributed by atoms with E-state index in [1.807, 2.05) is 31.2 Å². The maximum atomic E-state index is 12.0. The number of hydrogen-bond acceptors (Lipinski definition) is 5. The van der Waals surface area contributed by atoms with Crippen LogP contribution in [0, 0.1) is 0 Å². The summed E-state index contributed by atoms with van der Waals surface area (Å²) in [6.07, 6.45) is 3.49. The number of amides is 1. The fourth-order valence-corrected chi connectivity index (χ4v) is 1.99. The summed E-state index contributed by atoms with van der Waals surface area (Å²) in [5.41, 5.74) is 1.24. The van der Waals surface area contributed by atoms with Gasteiger partial charge in [0.2, 0.25) is 0 Å². The third-order valence-corrected chi connectivity index (χ3v) is 3.25. The van der Waals surface area contributed by atoms with Gasteiger partial charge in [-0.2, -0.15) is 0 Å². The maximum absolute atomic E-state index is 12.0. The van der Waals surface area contributed by atoms with Crippen LogP contribution in [0.5, 0.6) is 5.75 Å². The molecule has 0 aliphatic heterocycles. The van der Waals surface area contributed by atoms with Crippen LogP contribution in [-0.2, 0) is 0 Å². The maximum Gasteiger partial charge on any atom is 0.270 e. The van der Waals surface area contributed by atoms with Gasteiger partial charge in [0, 0.05) is 17.8 Å². The minimum Gasteiger partial charge on any atom is -0.494 e. The molecule has 1 aromatic heterocycles. The Hall–Kier alpha value is -2.63. The molecule has 0 atom stereocenters. The molecule has 3 rings (SSSR count). The Bertz CT molecular complexity index is 653. The van der Waals surface area contributed by atoms with Crippen LogP contribution in [0.2, 0.25) is 0 Å². The van der Waals surface area contributed by atoms with E-state index < -0.39 is 0 Å². The Morgan fingerprint density at radius 1 is 1.27 bits per heavy atom.